The maximum absolute atomic E-state index is 13.2. The Labute approximate surface area is 126 Å². The zero-order valence-electron chi connectivity index (χ0n) is 11.0. The van der Waals surface area contributed by atoms with E-state index in [4.69, 9.17) is 22.1 Å². The zero-order valence-corrected chi connectivity index (χ0v) is 11.8. The Morgan fingerprint density at radius 2 is 1.95 bits per heavy atom. The number of ether oxygens (including phenoxy) is 1. The average Bonchev–Trinajstić information content (AvgIpc) is 2.47. The van der Waals surface area contributed by atoms with E-state index < -0.39 is 5.82 Å². The average molecular weight is 308 g/mol. The van der Waals surface area contributed by atoms with E-state index in [0.29, 0.717) is 16.9 Å². The molecule has 0 saturated carbocycles. The van der Waals surface area contributed by atoms with Gasteiger partial charge in [-0.3, -0.25) is 0 Å². The lowest BCUT2D eigenvalue weighted by atomic mass is 10.1. The molecule has 0 aliphatic rings. The van der Waals surface area contributed by atoms with Crippen molar-refractivity contribution < 1.29 is 13.5 Å². The smallest absolute Gasteiger partial charge is 0.142 e. The van der Waals surface area contributed by atoms with E-state index in [1.54, 1.807) is 6.07 Å². The Bertz CT molecular complexity index is 707. The largest absolute Gasteiger partial charge is 0.489 e. The highest BCUT2D eigenvalue weighted by Gasteiger charge is 2.05. The maximum Gasteiger partial charge on any atom is 0.142 e. The van der Waals surface area contributed by atoms with Crippen LogP contribution in [0.5, 0.6) is 5.75 Å². The van der Waals surface area contributed by atoms with Gasteiger partial charge in [-0.1, -0.05) is 29.5 Å². The predicted octanol–water partition coefficient (Wildman–Crippen LogP) is 3.51. The lowest BCUT2D eigenvalue weighted by Gasteiger charge is -2.09. The van der Waals surface area contributed by atoms with E-state index in [-0.39, 0.29) is 24.0 Å². The Kier molecular flexibility index (Phi) is 5.15. The van der Waals surface area contributed by atoms with Gasteiger partial charge in [-0.25, -0.2) is 8.78 Å². The van der Waals surface area contributed by atoms with Crippen molar-refractivity contribution >= 4 is 11.6 Å². The molecule has 0 heterocycles. The molecule has 0 aliphatic carbocycles. The molecule has 0 atom stereocenters. The van der Waals surface area contributed by atoms with Crippen LogP contribution in [0.3, 0.4) is 0 Å². The minimum atomic E-state index is -0.514. The van der Waals surface area contributed by atoms with Crippen LogP contribution in [0, 0.1) is 23.5 Å². The summed E-state index contributed by atoms with van der Waals surface area (Å²) >= 11 is 5.68. The molecule has 0 radical (unpaired) electrons. The third-order valence-electron chi connectivity index (χ3n) is 2.68. The minimum Gasteiger partial charge on any atom is -0.489 e. The standard InChI is InChI=1S/C16H12ClF2NO/c17-15-9-14(5-6-16(15)19)21-10-12-3-4-13(18)8-11(12)2-1-7-20/h3-6,8-9H,7,10,20H2. The van der Waals surface area contributed by atoms with Crippen molar-refractivity contribution in [3.8, 4) is 17.6 Å². The molecule has 0 fully saturated rings. The van der Waals surface area contributed by atoms with Gasteiger partial charge in [0.2, 0.25) is 0 Å². The third-order valence-corrected chi connectivity index (χ3v) is 2.97. The predicted molar refractivity (Wildman–Crippen MR) is 78.1 cm³/mol. The van der Waals surface area contributed by atoms with Gasteiger partial charge in [0.1, 0.15) is 24.0 Å². The Hall–Kier alpha value is -2.09. The molecular weight excluding hydrogens is 296 g/mol. The monoisotopic (exact) mass is 307 g/mol. The van der Waals surface area contributed by atoms with Crippen molar-refractivity contribution in [2.24, 2.45) is 5.73 Å². The fourth-order valence-corrected chi connectivity index (χ4v) is 1.84. The molecule has 2 aromatic carbocycles. The summed E-state index contributed by atoms with van der Waals surface area (Å²) in [6.07, 6.45) is 0. The second-order valence-corrected chi connectivity index (χ2v) is 4.58. The van der Waals surface area contributed by atoms with Crippen LogP contribution in [-0.4, -0.2) is 6.54 Å². The summed E-state index contributed by atoms with van der Waals surface area (Å²) in [4.78, 5) is 0. The Balaban J connectivity index is 2.17. The van der Waals surface area contributed by atoms with Crippen LogP contribution in [0.2, 0.25) is 5.02 Å². The zero-order chi connectivity index (χ0) is 15.2. The lowest BCUT2D eigenvalue weighted by Crippen LogP contribution is -2.00. The normalized spacial score (nSPS) is 9.90. The van der Waals surface area contributed by atoms with E-state index >= 15 is 0 Å². The van der Waals surface area contributed by atoms with Gasteiger partial charge in [-0.15, -0.1) is 0 Å². The molecule has 0 unspecified atom stereocenters. The molecule has 2 N–H and O–H groups in total. The van der Waals surface area contributed by atoms with E-state index in [9.17, 15) is 8.78 Å². The van der Waals surface area contributed by atoms with Crippen molar-refractivity contribution in [2.75, 3.05) is 6.54 Å². The quantitative estimate of drug-likeness (QED) is 0.881. The number of hydrogen-bond acceptors (Lipinski definition) is 2. The van der Waals surface area contributed by atoms with Crippen molar-refractivity contribution in [1.29, 1.82) is 0 Å². The van der Waals surface area contributed by atoms with E-state index in [1.807, 2.05) is 0 Å². The van der Waals surface area contributed by atoms with Crippen molar-refractivity contribution in [3.63, 3.8) is 0 Å². The Morgan fingerprint density at radius 3 is 2.67 bits per heavy atom. The van der Waals surface area contributed by atoms with Crippen LogP contribution in [0.4, 0.5) is 8.78 Å². The summed E-state index contributed by atoms with van der Waals surface area (Å²) in [6.45, 7) is 0.348. The molecule has 108 valence electrons. The molecule has 2 rings (SSSR count). The topological polar surface area (TPSA) is 35.2 Å². The first-order chi connectivity index (χ1) is 10.1. The van der Waals surface area contributed by atoms with Gasteiger partial charge < -0.3 is 10.5 Å². The molecule has 21 heavy (non-hydrogen) atoms. The molecule has 0 spiro atoms. The fraction of sp³-hybridized carbons (Fsp3) is 0.125. The van der Waals surface area contributed by atoms with Crippen molar-refractivity contribution in [1.82, 2.24) is 0 Å². The highest BCUT2D eigenvalue weighted by molar-refractivity contribution is 6.30. The third kappa shape index (κ3) is 4.19. The molecule has 0 saturated heterocycles. The second-order valence-electron chi connectivity index (χ2n) is 4.17. The van der Waals surface area contributed by atoms with Gasteiger partial charge in [0.15, 0.2) is 0 Å². The van der Waals surface area contributed by atoms with Gasteiger partial charge in [0.25, 0.3) is 0 Å². The van der Waals surface area contributed by atoms with Crippen molar-refractivity contribution in [3.05, 3.63) is 64.2 Å². The van der Waals surface area contributed by atoms with Gasteiger partial charge in [0.05, 0.1) is 11.6 Å². The highest BCUT2D eigenvalue weighted by atomic mass is 35.5. The van der Waals surface area contributed by atoms with Gasteiger partial charge in [-0.05, 0) is 24.3 Å². The fourth-order valence-electron chi connectivity index (χ4n) is 1.66. The summed E-state index contributed by atoms with van der Waals surface area (Å²) < 4.78 is 31.8. The number of hydrogen-bond donors (Lipinski definition) is 1. The highest BCUT2D eigenvalue weighted by Crippen LogP contribution is 2.22. The maximum atomic E-state index is 13.2. The SMILES string of the molecule is NCC#Cc1cc(F)ccc1COc1ccc(F)c(Cl)c1. The molecule has 0 bridgehead atoms. The summed E-state index contributed by atoms with van der Waals surface area (Å²) in [5.41, 5.74) is 6.53. The van der Waals surface area contributed by atoms with Crippen molar-refractivity contribution in [2.45, 2.75) is 6.61 Å². The first-order valence-corrected chi connectivity index (χ1v) is 6.53. The lowest BCUT2D eigenvalue weighted by molar-refractivity contribution is 0.305. The molecule has 5 heteroatoms. The molecule has 0 aliphatic heterocycles. The first kappa shape index (κ1) is 15.3. The van der Waals surface area contributed by atoms with Crippen LogP contribution < -0.4 is 10.5 Å². The summed E-state index contributed by atoms with van der Waals surface area (Å²) in [5, 5.41) is -0.0187. The minimum absolute atomic E-state index is 0.0187. The molecular formula is C16H12ClF2NO. The summed E-state index contributed by atoms with van der Waals surface area (Å²) in [6, 6.07) is 8.29. The molecule has 0 amide bonds. The van der Waals surface area contributed by atoms with E-state index in [0.717, 1.165) is 0 Å². The number of rotatable bonds is 3. The molecule has 0 aromatic heterocycles. The van der Waals surface area contributed by atoms with Crippen LogP contribution in [0.1, 0.15) is 11.1 Å². The summed E-state index contributed by atoms with van der Waals surface area (Å²) in [7, 11) is 0. The summed E-state index contributed by atoms with van der Waals surface area (Å²) in [5.74, 6) is 4.98. The second kappa shape index (κ2) is 7.07. The first-order valence-electron chi connectivity index (χ1n) is 6.15. The number of nitrogens with two attached hydrogens (primary N) is 1. The van der Waals surface area contributed by atoms with Crippen LogP contribution >= 0.6 is 11.6 Å². The van der Waals surface area contributed by atoms with E-state index in [1.165, 1.54) is 30.3 Å². The van der Waals surface area contributed by atoms with Gasteiger partial charge in [-0.2, -0.15) is 0 Å². The van der Waals surface area contributed by atoms with Crippen LogP contribution in [-0.2, 0) is 6.61 Å². The molecule has 2 nitrogen and oxygen atoms in total. The number of halogens is 3. The number of benzene rings is 2. The van der Waals surface area contributed by atoms with Crippen LogP contribution in [0.25, 0.3) is 0 Å². The molecule has 2 aromatic rings. The van der Waals surface area contributed by atoms with Crippen LogP contribution in [0.15, 0.2) is 36.4 Å². The van der Waals surface area contributed by atoms with Gasteiger partial charge in [0, 0.05) is 17.2 Å². The Morgan fingerprint density at radius 1 is 1.14 bits per heavy atom. The van der Waals surface area contributed by atoms with Gasteiger partial charge >= 0.3 is 0 Å². The van der Waals surface area contributed by atoms with E-state index in [2.05, 4.69) is 11.8 Å².